The third-order valence-electron chi connectivity index (χ3n) is 6.10. The Morgan fingerprint density at radius 1 is 1.03 bits per heavy atom. The number of allylic oxidation sites excluding steroid dienone is 1. The van der Waals surface area contributed by atoms with E-state index in [0.29, 0.717) is 12.2 Å². The summed E-state index contributed by atoms with van der Waals surface area (Å²) in [7, 11) is 3.42. The molecule has 5 rings (SSSR count). The van der Waals surface area contributed by atoms with E-state index in [2.05, 4.69) is 30.3 Å². The molecule has 4 nitrogen and oxygen atoms in total. The number of benzene rings is 3. The molecule has 5 heteroatoms. The van der Waals surface area contributed by atoms with E-state index >= 15 is 0 Å². The second-order valence-electron chi connectivity index (χ2n) is 7.74. The molecule has 0 fully saturated rings. The fraction of sp³-hybridized carbons (Fsp3) is 0.200. The predicted octanol–water partition coefficient (Wildman–Crippen LogP) is 4.75. The number of carbonyl (C=O) groups is 2. The van der Waals surface area contributed by atoms with Gasteiger partial charge in [-0.2, -0.15) is 0 Å². The van der Waals surface area contributed by atoms with E-state index in [-0.39, 0.29) is 16.9 Å². The van der Waals surface area contributed by atoms with Crippen LogP contribution in [0.4, 0.5) is 5.69 Å². The molecule has 2 aliphatic rings. The smallest absolute Gasteiger partial charge is 0.242 e. The van der Waals surface area contributed by atoms with Crippen molar-refractivity contribution in [1.29, 1.82) is 0 Å². The van der Waals surface area contributed by atoms with Crippen molar-refractivity contribution in [2.24, 2.45) is 0 Å². The van der Waals surface area contributed by atoms with E-state index in [9.17, 15) is 9.59 Å². The van der Waals surface area contributed by atoms with E-state index < -0.39 is 5.41 Å². The number of nitrogens with zero attached hydrogens (tertiary/aromatic N) is 1. The Kier molecular flexibility index (Phi) is 4.44. The van der Waals surface area contributed by atoms with Crippen LogP contribution in [-0.4, -0.2) is 31.1 Å². The maximum atomic E-state index is 13.6. The lowest BCUT2D eigenvalue weighted by molar-refractivity contribution is -0.122. The average Bonchev–Trinajstić information content (AvgIpc) is 2.98. The van der Waals surface area contributed by atoms with Gasteiger partial charge in [-0.1, -0.05) is 36.4 Å². The summed E-state index contributed by atoms with van der Waals surface area (Å²) in [5.41, 5.74) is 0.878. The lowest BCUT2D eigenvalue weighted by atomic mass is 9.73. The number of rotatable bonds is 3. The minimum Gasteiger partial charge on any atom is -0.497 e. The third kappa shape index (κ3) is 2.76. The Labute approximate surface area is 179 Å². The highest BCUT2D eigenvalue weighted by atomic mass is 32.2. The number of likely N-dealkylation sites (N-methyl/N-ethyl adjacent to an activating group) is 1. The van der Waals surface area contributed by atoms with Crippen LogP contribution in [0.15, 0.2) is 77.7 Å². The van der Waals surface area contributed by atoms with E-state index in [0.717, 1.165) is 21.5 Å². The molecule has 0 saturated heterocycles. The Morgan fingerprint density at radius 2 is 1.83 bits per heavy atom. The van der Waals surface area contributed by atoms with Gasteiger partial charge >= 0.3 is 0 Å². The second kappa shape index (κ2) is 7.03. The molecule has 0 aromatic heterocycles. The molecule has 1 amide bonds. The quantitative estimate of drug-likeness (QED) is 0.619. The topological polar surface area (TPSA) is 46.6 Å². The van der Waals surface area contributed by atoms with Gasteiger partial charge in [-0.25, -0.2) is 0 Å². The normalized spacial score (nSPS) is 22.7. The first-order chi connectivity index (χ1) is 14.5. The van der Waals surface area contributed by atoms with E-state index in [4.69, 9.17) is 4.74 Å². The first-order valence-electron chi connectivity index (χ1n) is 9.87. The van der Waals surface area contributed by atoms with Crippen molar-refractivity contribution in [3.8, 4) is 5.75 Å². The molecule has 0 N–H and O–H groups in total. The van der Waals surface area contributed by atoms with Crippen molar-refractivity contribution in [3.63, 3.8) is 0 Å². The fourth-order valence-corrected chi connectivity index (χ4v) is 5.93. The van der Waals surface area contributed by atoms with Gasteiger partial charge in [0.15, 0.2) is 5.78 Å². The summed E-state index contributed by atoms with van der Waals surface area (Å²) < 4.78 is 5.44. The van der Waals surface area contributed by atoms with Crippen LogP contribution in [0.2, 0.25) is 0 Å². The molecule has 0 bridgehead atoms. The van der Waals surface area contributed by atoms with Crippen molar-refractivity contribution in [2.75, 3.05) is 19.1 Å². The molecule has 1 spiro atoms. The summed E-state index contributed by atoms with van der Waals surface area (Å²) in [6.07, 6.45) is 3.68. The van der Waals surface area contributed by atoms with Gasteiger partial charge in [0.2, 0.25) is 5.91 Å². The number of fused-ring (bicyclic) bond motifs is 3. The molecule has 1 aliphatic carbocycles. The minimum absolute atomic E-state index is 0.00667. The van der Waals surface area contributed by atoms with Gasteiger partial charge < -0.3 is 9.64 Å². The average molecular weight is 416 g/mol. The third-order valence-corrected chi connectivity index (χ3v) is 7.44. The number of hydrogen-bond donors (Lipinski definition) is 0. The predicted molar refractivity (Wildman–Crippen MR) is 120 cm³/mol. The van der Waals surface area contributed by atoms with Gasteiger partial charge in [-0.15, -0.1) is 11.8 Å². The molecule has 1 heterocycles. The Balaban J connectivity index is 1.63. The lowest BCUT2D eigenvalue weighted by Gasteiger charge is -2.35. The molecule has 3 aromatic rings. The summed E-state index contributed by atoms with van der Waals surface area (Å²) in [5, 5.41) is 2.08. The highest BCUT2D eigenvalue weighted by molar-refractivity contribution is 8.00. The number of methoxy groups -OCH3 is 1. The van der Waals surface area contributed by atoms with E-state index in [1.54, 1.807) is 36.9 Å². The molecule has 150 valence electrons. The monoisotopic (exact) mass is 415 g/mol. The zero-order valence-corrected chi connectivity index (χ0v) is 17.6. The molecule has 2 unspecified atom stereocenters. The number of anilines is 1. The highest BCUT2D eigenvalue weighted by Crippen LogP contribution is 2.52. The van der Waals surface area contributed by atoms with Crippen LogP contribution >= 0.6 is 11.8 Å². The summed E-state index contributed by atoms with van der Waals surface area (Å²) in [6, 6.07) is 20.2. The van der Waals surface area contributed by atoms with Crippen molar-refractivity contribution in [3.05, 3.63) is 78.4 Å². The molecule has 0 radical (unpaired) electrons. The maximum Gasteiger partial charge on any atom is 0.242 e. The number of amides is 1. The summed E-state index contributed by atoms with van der Waals surface area (Å²) in [6.45, 7) is 0. The largest absolute Gasteiger partial charge is 0.497 e. The molecule has 0 saturated carbocycles. The first kappa shape index (κ1) is 18.9. The second-order valence-corrected chi connectivity index (χ2v) is 9.01. The van der Waals surface area contributed by atoms with Crippen molar-refractivity contribution >= 4 is 39.9 Å². The van der Waals surface area contributed by atoms with Gasteiger partial charge in [-0.05, 0) is 47.2 Å². The summed E-state index contributed by atoms with van der Waals surface area (Å²) >= 11 is 1.60. The van der Waals surface area contributed by atoms with E-state index in [1.807, 2.05) is 36.4 Å². The van der Waals surface area contributed by atoms with Crippen LogP contribution < -0.4 is 9.64 Å². The standard InChI is InChI=1S/C25H21NO3S/c1-26-22-10-8-19(29-2)15-21(22)25(24(26)28)12-11-18(27)14-23(25)30-20-9-7-16-5-3-4-6-17(16)13-20/h3-13,15,23H,14H2,1-2H3. The summed E-state index contributed by atoms with van der Waals surface area (Å²) in [4.78, 5) is 28.7. The number of thioether (sulfide) groups is 1. The highest BCUT2D eigenvalue weighted by Gasteiger charge is 2.55. The zero-order chi connectivity index (χ0) is 20.9. The van der Waals surface area contributed by atoms with Crippen molar-refractivity contribution < 1.29 is 14.3 Å². The van der Waals surface area contributed by atoms with Crippen molar-refractivity contribution in [1.82, 2.24) is 0 Å². The Hall–Kier alpha value is -3.05. The van der Waals surface area contributed by atoms with Gasteiger partial charge in [0.05, 0.1) is 7.11 Å². The minimum atomic E-state index is -0.886. The van der Waals surface area contributed by atoms with Crippen LogP contribution in [0.3, 0.4) is 0 Å². The zero-order valence-electron chi connectivity index (χ0n) is 16.8. The molecule has 30 heavy (non-hydrogen) atoms. The van der Waals surface area contributed by atoms with Crippen LogP contribution in [0.1, 0.15) is 12.0 Å². The molecule has 2 atom stereocenters. The Bertz CT molecular complexity index is 1220. The molecule has 3 aromatic carbocycles. The lowest BCUT2D eigenvalue weighted by Crippen LogP contribution is -2.47. The molecular weight excluding hydrogens is 394 g/mol. The number of ketones is 1. The van der Waals surface area contributed by atoms with Crippen molar-refractivity contribution in [2.45, 2.75) is 22.0 Å². The van der Waals surface area contributed by atoms with Crippen LogP contribution in [0.25, 0.3) is 10.8 Å². The molecular formula is C25H21NO3S. The van der Waals surface area contributed by atoms with Crippen LogP contribution in [0.5, 0.6) is 5.75 Å². The van der Waals surface area contributed by atoms with Gasteiger partial charge in [0.1, 0.15) is 11.2 Å². The van der Waals surface area contributed by atoms with Crippen LogP contribution in [0, 0.1) is 0 Å². The van der Waals surface area contributed by atoms with Gasteiger partial charge in [0, 0.05) is 34.9 Å². The summed E-state index contributed by atoms with van der Waals surface area (Å²) in [5.74, 6) is 0.745. The molecule has 1 aliphatic heterocycles. The fourth-order valence-electron chi connectivity index (χ4n) is 4.52. The van der Waals surface area contributed by atoms with E-state index in [1.165, 1.54) is 5.39 Å². The maximum absolute atomic E-state index is 13.6. The van der Waals surface area contributed by atoms with Gasteiger partial charge in [0.25, 0.3) is 0 Å². The number of ether oxygens (including phenoxy) is 1. The number of carbonyl (C=O) groups excluding carboxylic acids is 2. The SMILES string of the molecule is COc1ccc2c(c1)C1(C=CC(=O)CC1Sc1ccc3ccccc3c1)C(=O)N2C. The first-order valence-corrected chi connectivity index (χ1v) is 10.7. The van der Waals surface area contributed by atoms with Crippen LogP contribution in [-0.2, 0) is 15.0 Å². The van der Waals surface area contributed by atoms with Gasteiger partial charge in [-0.3, -0.25) is 9.59 Å². The number of hydrogen-bond acceptors (Lipinski definition) is 4. The Morgan fingerprint density at radius 3 is 2.63 bits per heavy atom.